The average molecular weight is 590 g/mol. The molecule has 216 valence electrons. The van der Waals surface area contributed by atoms with Gasteiger partial charge >= 0.3 is 5.97 Å². The lowest BCUT2D eigenvalue weighted by Gasteiger charge is -2.30. The van der Waals surface area contributed by atoms with E-state index in [9.17, 15) is 18.3 Å². The number of esters is 1. The predicted molar refractivity (Wildman–Crippen MR) is 157 cm³/mol. The van der Waals surface area contributed by atoms with Crippen molar-refractivity contribution in [2.75, 3.05) is 45.7 Å². The molecule has 0 aliphatic carbocycles. The highest BCUT2D eigenvalue weighted by Gasteiger charge is 2.21. The number of aliphatic hydroxyl groups excluding tert-OH is 1. The summed E-state index contributed by atoms with van der Waals surface area (Å²) in [6.45, 7) is 7.37. The van der Waals surface area contributed by atoms with E-state index in [-0.39, 0.29) is 18.5 Å². The van der Waals surface area contributed by atoms with Crippen molar-refractivity contribution in [3.05, 3.63) is 46.5 Å². The molecule has 4 rings (SSSR count). The topological polar surface area (TPSA) is 159 Å². The molecule has 1 aliphatic heterocycles. The summed E-state index contributed by atoms with van der Waals surface area (Å²) in [5, 5.41) is 16.9. The second-order valence-electron chi connectivity index (χ2n) is 9.40. The van der Waals surface area contributed by atoms with E-state index in [4.69, 9.17) is 4.74 Å². The van der Waals surface area contributed by atoms with Crippen molar-refractivity contribution in [1.29, 1.82) is 0 Å². The number of hydrogen-bond donors (Lipinski definition) is 4. The highest BCUT2D eigenvalue weighted by Crippen LogP contribution is 2.28. The SMILES string of the molecule is CCCS(=O)(=O)Nc1ccc(CNc2cc(N3CCC(O)CC3)nc(Nc3nc(C)c(C(=O)OCC)s3)n2)cc1. The number of nitrogens with one attached hydrogen (secondary N) is 3. The van der Waals surface area contributed by atoms with E-state index in [0.29, 0.717) is 77.9 Å². The van der Waals surface area contributed by atoms with Gasteiger partial charge in [0.05, 0.1) is 24.2 Å². The fourth-order valence-corrected chi connectivity index (χ4v) is 6.14. The van der Waals surface area contributed by atoms with Crippen molar-refractivity contribution < 1.29 is 23.1 Å². The minimum Gasteiger partial charge on any atom is -0.462 e. The molecule has 1 aliphatic rings. The van der Waals surface area contributed by atoms with Crippen LogP contribution in [0.4, 0.5) is 28.4 Å². The molecule has 12 nitrogen and oxygen atoms in total. The zero-order valence-corrected chi connectivity index (χ0v) is 24.4. The molecule has 14 heteroatoms. The van der Waals surface area contributed by atoms with Crippen LogP contribution >= 0.6 is 11.3 Å². The number of rotatable bonds is 12. The van der Waals surface area contributed by atoms with Crippen LogP contribution in [-0.2, 0) is 21.3 Å². The number of anilines is 5. The molecule has 3 heterocycles. The number of aryl methyl sites for hydroxylation is 1. The molecule has 0 spiro atoms. The van der Waals surface area contributed by atoms with Gasteiger partial charge in [-0.15, -0.1) is 0 Å². The number of carbonyl (C=O) groups excluding carboxylic acids is 1. The second-order valence-corrected chi connectivity index (χ2v) is 12.2. The Morgan fingerprint density at radius 2 is 1.88 bits per heavy atom. The summed E-state index contributed by atoms with van der Waals surface area (Å²) < 4.78 is 31.8. The normalized spacial score (nSPS) is 14.2. The summed E-state index contributed by atoms with van der Waals surface area (Å²) in [5.41, 5.74) is 2.01. The molecule has 0 amide bonds. The summed E-state index contributed by atoms with van der Waals surface area (Å²) in [7, 11) is -3.35. The molecule has 0 radical (unpaired) electrons. The molecule has 4 N–H and O–H groups in total. The van der Waals surface area contributed by atoms with E-state index < -0.39 is 16.0 Å². The minimum atomic E-state index is -3.35. The number of nitrogens with zero attached hydrogens (tertiary/aromatic N) is 4. The highest BCUT2D eigenvalue weighted by atomic mass is 32.2. The van der Waals surface area contributed by atoms with Crippen molar-refractivity contribution >= 4 is 55.7 Å². The number of piperidine rings is 1. The Morgan fingerprint density at radius 1 is 1.15 bits per heavy atom. The molecule has 0 unspecified atom stereocenters. The zero-order chi connectivity index (χ0) is 28.7. The first-order valence-corrected chi connectivity index (χ1v) is 15.7. The maximum atomic E-state index is 12.2. The maximum Gasteiger partial charge on any atom is 0.350 e. The highest BCUT2D eigenvalue weighted by molar-refractivity contribution is 7.92. The Kier molecular flexibility index (Phi) is 9.76. The number of ether oxygens (including phenoxy) is 1. The van der Waals surface area contributed by atoms with Gasteiger partial charge in [0.1, 0.15) is 16.5 Å². The monoisotopic (exact) mass is 589 g/mol. The van der Waals surface area contributed by atoms with Gasteiger partial charge in [-0.2, -0.15) is 9.97 Å². The van der Waals surface area contributed by atoms with Gasteiger partial charge in [0.15, 0.2) is 5.13 Å². The third-order valence-electron chi connectivity index (χ3n) is 6.15. The first-order chi connectivity index (χ1) is 19.2. The van der Waals surface area contributed by atoms with Crippen molar-refractivity contribution in [2.24, 2.45) is 0 Å². The van der Waals surface area contributed by atoms with Crippen molar-refractivity contribution in [3.8, 4) is 0 Å². The zero-order valence-electron chi connectivity index (χ0n) is 22.8. The number of hydrogen-bond acceptors (Lipinski definition) is 12. The van der Waals surface area contributed by atoms with E-state index in [1.54, 1.807) is 26.0 Å². The van der Waals surface area contributed by atoms with Crippen LogP contribution in [0.1, 0.15) is 54.0 Å². The molecule has 40 heavy (non-hydrogen) atoms. The Morgan fingerprint density at radius 3 is 2.55 bits per heavy atom. The number of benzene rings is 1. The molecular formula is C26H35N7O5S2. The summed E-state index contributed by atoms with van der Waals surface area (Å²) >= 11 is 1.18. The standard InChI is InChI=1S/C26H35N7O5S2/c1-4-14-40(36,37)32-19-8-6-18(7-9-19)16-27-21-15-22(33-12-10-20(34)11-13-33)30-25(29-21)31-26-28-17(3)23(39-26)24(35)38-5-2/h6-9,15,20,32,34H,4-5,10-14,16H2,1-3H3,(H2,27,28,29,30,31). The van der Waals surface area contributed by atoms with Gasteiger partial charge in [0.2, 0.25) is 16.0 Å². The van der Waals surface area contributed by atoms with E-state index in [1.807, 2.05) is 25.1 Å². The van der Waals surface area contributed by atoms with Crippen molar-refractivity contribution in [3.63, 3.8) is 0 Å². The third-order valence-corrected chi connectivity index (χ3v) is 8.70. The molecule has 1 saturated heterocycles. The predicted octanol–water partition coefficient (Wildman–Crippen LogP) is 3.89. The Bertz CT molecular complexity index is 1410. The number of carbonyl (C=O) groups is 1. The quantitative estimate of drug-likeness (QED) is 0.227. The third kappa shape index (κ3) is 8.02. The Labute approximate surface area is 238 Å². The minimum absolute atomic E-state index is 0.0728. The number of aromatic nitrogens is 3. The molecule has 3 aromatic rings. The van der Waals surface area contributed by atoms with Crippen molar-refractivity contribution in [1.82, 2.24) is 15.0 Å². The molecule has 0 atom stereocenters. The molecule has 0 bridgehead atoms. The number of aliphatic hydroxyl groups is 1. The summed E-state index contributed by atoms with van der Waals surface area (Å²) in [4.78, 5) is 28.5. The van der Waals surface area contributed by atoms with Crippen LogP contribution in [-0.4, -0.2) is 66.0 Å². The van der Waals surface area contributed by atoms with Gasteiger partial charge in [0.25, 0.3) is 0 Å². The molecule has 1 fully saturated rings. The summed E-state index contributed by atoms with van der Waals surface area (Å²) in [6, 6.07) is 9.01. The van der Waals surface area contributed by atoms with Gasteiger partial charge in [-0.05, 0) is 50.8 Å². The van der Waals surface area contributed by atoms with E-state index >= 15 is 0 Å². The van der Waals surface area contributed by atoms with Crippen LogP contribution < -0.4 is 20.3 Å². The Balaban J connectivity index is 1.51. The van der Waals surface area contributed by atoms with Crippen LogP contribution in [0.2, 0.25) is 0 Å². The van der Waals surface area contributed by atoms with Crippen LogP contribution in [0, 0.1) is 6.92 Å². The number of sulfonamides is 1. The molecule has 1 aromatic carbocycles. The first kappa shape index (κ1) is 29.5. The van der Waals surface area contributed by atoms with Crippen LogP contribution in [0.15, 0.2) is 30.3 Å². The lowest BCUT2D eigenvalue weighted by Crippen LogP contribution is -2.36. The fourth-order valence-electron chi connectivity index (χ4n) is 4.15. The van der Waals surface area contributed by atoms with E-state index in [2.05, 4.69) is 35.2 Å². The van der Waals surface area contributed by atoms with Gasteiger partial charge in [0, 0.05) is 31.4 Å². The van der Waals surface area contributed by atoms with Crippen LogP contribution in [0.5, 0.6) is 0 Å². The maximum absolute atomic E-state index is 12.2. The molecule has 0 saturated carbocycles. The van der Waals surface area contributed by atoms with Crippen LogP contribution in [0.3, 0.4) is 0 Å². The lowest BCUT2D eigenvalue weighted by molar-refractivity contribution is 0.0531. The number of thiazole rings is 1. The van der Waals surface area contributed by atoms with Gasteiger partial charge in [-0.25, -0.2) is 18.2 Å². The largest absolute Gasteiger partial charge is 0.462 e. The molecule has 2 aromatic heterocycles. The van der Waals surface area contributed by atoms with Crippen LogP contribution in [0.25, 0.3) is 0 Å². The van der Waals surface area contributed by atoms with E-state index in [1.165, 1.54) is 11.3 Å². The average Bonchev–Trinajstić information content (AvgIpc) is 3.28. The van der Waals surface area contributed by atoms with Crippen molar-refractivity contribution in [2.45, 2.75) is 52.7 Å². The summed E-state index contributed by atoms with van der Waals surface area (Å²) in [6.07, 6.45) is 1.53. The van der Waals surface area contributed by atoms with Gasteiger partial charge < -0.3 is 20.1 Å². The first-order valence-electron chi connectivity index (χ1n) is 13.2. The van der Waals surface area contributed by atoms with Gasteiger partial charge in [-0.1, -0.05) is 30.4 Å². The smallest absolute Gasteiger partial charge is 0.350 e. The van der Waals surface area contributed by atoms with E-state index in [0.717, 1.165) is 5.56 Å². The fraction of sp³-hybridized carbons (Fsp3) is 0.462. The molecular weight excluding hydrogens is 554 g/mol. The summed E-state index contributed by atoms with van der Waals surface area (Å²) in [5.74, 6) is 1.25. The second kappa shape index (κ2) is 13.2. The van der Waals surface area contributed by atoms with Gasteiger partial charge in [-0.3, -0.25) is 10.0 Å². The lowest BCUT2D eigenvalue weighted by atomic mass is 10.1. The Hall–Kier alpha value is -3.49.